The van der Waals surface area contributed by atoms with Gasteiger partial charge in [-0.3, -0.25) is 0 Å². The summed E-state index contributed by atoms with van der Waals surface area (Å²) >= 11 is 0. The van der Waals surface area contributed by atoms with Gasteiger partial charge in [-0.25, -0.2) is 13.2 Å². The normalized spacial score (nSPS) is 12.4. The summed E-state index contributed by atoms with van der Waals surface area (Å²) in [5.74, 6) is -1.24. The summed E-state index contributed by atoms with van der Waals surface area (Å²) in [7, 11) is 0. The molecule has 36 heavy (non-hydrogen) atoms. The quantitative estimate of drug-likeness (QED) is 0.164. The Morgan fingerprint density at radius 2 is 1.39 bits per heavy atom. The molecule has 0 amide bonds. The third kappa shape index (κ3) is 7.35. The molecule has 0 saturated heterocycles. The largest absolute Gasteiger partial charge is 0.206 e. The number of allylic oxidation sites excluding steroid dienone is 2. The fourth-order valence-electron chi connectivity index (χ4n) is 4.90. The molecular weight excluding hydrogens is 453 g/mol. The maximum absolute atomic E-state index is 15.0. The summed E-state index contributed by atoms with van der Waals surface area (Å²) in [6, 6.07) is 15.8. The summed E-state index contributed by atoms with van der Waals surface area (Å²) in [6.07, 6.45) is 13.2. The SMILES string of the molecule is C/C=C/C(CCC)CCCc1ccc(-c2ccc(-c3ccc(CCCCC)c(F)c3F)cc2)c(F)c1. The Kier molecular flexibility index (Phi) is 10.8. The maximum Gasteiger partial charge on any atom is 0.166 e. The van der Waals surface area contributed by atoms with Crippen LogP contribution in [0.3, 0.4) is 0 Å². The molecule has 192 valence electrons. The van der Waals surface area contributed by atoms with E-state index in [1.165, 1.54) is 12.8 Å². The van der Waals surface area contributed by atoms with Crippen LogP contribution in [0.5, 0.6) is 0 Å². The van der Waals surface area contributed by atoms with Gasteiger partial charge in [0.05, 0.1) is 0 Å². The average Bonchev–Trinajstić information content (AvgIpc) is 2.87. The van der Waals surface area contributed by atoms with E-state index >= 15 is 0 Å². The number of hydrogen-bond donors (Lipinski definition) is 0. The number of aryl methyl sites for hydroxylation is 2. The van der Waals surface area contributed by atoms with Crippen LogP contribution >= 0.6 is 0 Å². The van der Waals surface area contributed by atoms with E-state index in [0.29, 0.717) is 29.0 Å². The summed E-state index contributed by atoms with van der Waals surface area (Å²) in [4.78, 5) is 0. The summed E-state index contributed by atoms with van der Waals surface area (Å²) in [6.45, 7) is 6.35. The lowest BCUT2D eigenvalue weighted by Crippen LogP contribution is -1.98. The first-order chi connectivity index (χ1) is 17.5. The summed E-state index contributed by atoms with van der Waals surface area (Å²) in [5.41, 5.74) is 3.46. The smallest absolute Gasteiger partial charge is 0.166 e. The van der Waals surface area contributed by atoms with Gasteiger partial charge in [0.2, 0.25) is 0 Å². The molecule has 0 aliphatic rings. The number of unbranched alkanes of at least 4 members (excludes halogenated alkanes) is 2. The highest BCUT2D eigenvalue weighted by Gasteiger charge is 2.15. The van der Waals surface area contributed by atoms with Gasteiger partial charge in [-0.1, -0.05) is 93.8 Å². The lowest BCUT2D eigenvalue weighted by molar-refractivity contribution is 0.498. The molecule has 3 aromatic carbocycles. The van der Waals surface area contributed by atoms with E-state index in [-0.39, 0.29) is 11.4 Å². The van der Waals surface area contributed by atoms with Gasteiger partial charge < -0.3 is 0 Å². The molecule has 0 aliphatic carbocycles. The van der Waals surface area contributed by atoms with Crippen LogP contribution in [0.1, 0.15) is 76.8 Å². The van der Waals surface area contributed by atoms with Gasteiger partial charge in [0.1, 0.15) is 5.82 Å². The molecule has 0 aromatic heterocycles. The van der Waals surface area contributed by atoms with E-state index < -0.39 is 11.6 Å². The zero-order valence-corrected chi connectivity index (χ0v) is 21.9. The van der Waals surface area contributed by atoms with Crippen molar-refractivity contribution in [3.8, 4) is 22.3 Å². The number of benzene rings is 3. The van der Waals surface area contributed by atoms with Crippen molar-refractivity contribution < 1.29 is 13.2 Å². The molecule has 0 spiro atoms. The van der Waals surface area contributed by atoms with Gasteiger partial charge in [-0.2, -0.15) is 0 Å². The van der Waals surface area contributed by atoms with Crippen molar-refractivity contribution in [1.29, 1.82) is 0 Å². The lowest BCUT2D eigenvalue weighted by Gasteiger charge is -2.12. The molecule has 0 bridgehead atoms. The Morgan fingerprint density at radius 1 is 0.694 bits per heavy atom. The van der Waals surface area contributed by atoms with Crippen LogP contribution < -0.4 is 0 Å². The van der Waals surface area contributed by atoms with E-state index in [9.17, 15) is 13.2 Å². The lowest BCUT2D eigenvalue weighted by atomic mass is 9.94. The molecule has 0 radical (unpaired) electrons. The summed E-state index contributed by atoms with van der Waals surface area (Å²) in [5, 5.41) is 0. The van der Waals surface area contributed by atoms with Crippen LogP contribution in [0, 0.1) is 23.4 Å². The van der Waals surface area contributed by atoms with Gasteiger partial charge in [0, 0.05) is 11.1 Å². The topological polar surface area (TPSA) is 0 Å². The molecule has 1 unspecified atom stereocenters. The fourth-order valence-corrected chi connectivity index (χ4v) is 4.90. The maximum atomic E-state index is 15.0. The second-order valence-corrected chi connectivity index (χ2v) is 9.72. The van der Waals surface area contributed by atoms with Crippen molar-refractivity contribution in [1.82, 2.24) is 0 Å². The Morgan fingerprint density at radius 3 is 2.03 bits per heavy atom. The first kappa shape index (κ1) is 27.8. The van der Waals surface area contributed by atoms with E-state index in [0.717, 1.165) is 49.7 Å². The molecule has 0 saturated carbocycles. The van der Waals surface area contributed by atoms with E-state index in [1.807, 2.05) is 12.1 Å². The highest BCUT2D eigenvalue weighted by molar-refractivity contribution is 5.71. The third-order valence-corrected chi connectivity index (χ3v) is 6.92. The second-order valence-electron chi connectivity index (χ2n) is 9.72. The van der Waals surface area contributed by atoms with E-state index in [4.69, 9.17) is 0 Å². The highest BCUT2D eigenvalue weighted by atomic mass is 19.2. The minimum Gasteiger partial charge on any atom is -0.206 e. The van der Waals surface area contributed by atoms with Crippen LogP contribution in [0.4, 0.5) is 13.2 Å². The van der Waals surface area contributed by atoms with E-state index in [2.05, 4.69) is 32.9 Å². The highest BCUT2D eigenvalue weighted by Crippen LogP contribution is 2.31. The molecule has 3 rings (SSSR count). The van der Waals surface area contributed by atoms with Gasteiger partial charge in [0.15, 0.2) is 11.6 Å². The first-order valence-corrected chi connectivity index (χ1v) is 13.5. The molecule has 0 aliphatic heterocycles. The minimum absolute atomic E-state index is 0.230. The minimum atomic E-state index is -0.817. The standard InChI is InChI=1S/C33H39F3/c1-4-7-8-14-28-20-22-30(33(36)32(28)35)27-18-16-26(17-19-27)29-21-15-25(23-31(29)34)13-9-12-24(10-5-2)11-6-3/h5,10,15-24H,4,6-9,11-14H2,1-3H3/b10-5+. The van der Waals surface area contributed by atoms with Crippen molar-refractivity contribution in [3.63, 3.8) is 0 Å². The zero-order chi connectivity index (χ0) is 25.9. The molecule has 0 heterocycles. The summed E-state index contributed by atoms with van der Waals surface area (Å²) < 4.78 is 44.3. The van der Waals surface area contributed by atoms with Gasteiger partial charge in [0.25, 0.3) is 0 Å². The van der Waals surface area contributed by atoms with Gasteiger partial charge in [-0.15, -0.1) is 0 Å². The second kappa shape index (κ2) is 14.1. The van der Waals surface area contributed by atoms with Crippen molar-refractivity contribution in [2.24, 2.45) is 5.92 Å². The molecule has 0 nitrogen and oxygen atoms in total. The van der Waals surface area contributed by atoms with Crippen molar-refractivity contribution >= 4 is 0 Å². The Balaban J connectivity index is 1.68. The number of hydrogen-bond acceptors (Lipinski definition) is 0. The number of halogens is 3. The Bertz CT molecular complexity index is 1130. The van der Waals surface area contributed by atoms with Gasteiger partial charge in [-0.05, 0) is 79.7 Å². The van der Waals surface area contributed by atoms with Crippen LogP contribution in [-0.2, 0) is 12.8 Å². The molecule has 1 atom stereocenters. The first-order valence-electron chi connectivity index (χ1n) is 13.5. The molecular formula is C33H39F3. The average molecular weight is 493 g/mol. The molecule has 0 fully saturated rings. The predicted octanol–water partition coefficient (Wildman–Crippen LogP) is 10.5. The predicted molar refractivity (Wildman–Crippen MR) is 147 cm³/mol. The molecule has 0 N–H and O–H groups in total. The van der Waals surface area contributed by atoms with E-state index in [1.54, 1.807) is 42.5 Å². The third-order valence-electron chi connectivity index (χ3n) is 6.92. The van der Waals surface area contributed by atoms with Crippen LogP contribution in [0.25, 0.3) is 22.3 Å². The van der Waals surface area contributed by atoms with Crippen molar-refractivity contribution in [3.05, 3.63) is 95.3 Å². The van der Waals surface area contributed by atoms with Crippen molar-refractivity contribution in [2.45, 2.75) is 78.6 Å². The van der Waals surface area contributed by atoms with Crippen LogP contribution in [0.2, 0.25) is 0 Å². The van der Waals surface area contributed by atoms with Gasteiger partial charge >= 0.3 is 0 Å². The van der Waals surface area contributed by atoms with Crippen LogP contribution in [0.15, 0.2) is 66.7 Å². The Labute approximate surface area is 215 Å². The molecule has 3 aromatic rings. The molecule has 3 heteroatoms. The van der Waals surface area contributed by atoms with Crippen LogP contribution in [-0.4, -0.2) is 0 Å². The van der Waals surface area contributed by atoms with Crippen molar-refractivity contribution in [2.75, 3.05) is 0 Å². The fraction of sp³-hybridized carbons (Fsp3) is 0.394. The number of rotatable bonds is 13. The monoisotopic (exact) mass is 492 g/mol. The Hall–Kier alpha value is -2.81. The zero-order valence-electron chi connectivity index (χ0n) is 21.9.